The highest BCUT2D eigenvalue weighted by molar-refractivity contribution is 5.47. The largest absolute Gasteiger partial charge is 0.416 e. The van der Waals surface area contributed by atoms with E-state index >= 15 is 0 Å². The first-order valence-electron chi connectivity index (χ1n) is 6.53. The third-order valence-corrected chi connectivity index (χ3v) is 3.23. The summed E-state index contributed by atoms with van der Waals surface area (Å²) in [7, 11) is 0. The van der Waals surface area contributed by atoms with Crippen LogP contribution in [0.5, 0.6) is 0 Å². The number of aliphatic hydroxyl groups excluding tert-OH is 1. The van der Waals surface area contributed by atoms with Gasteiger partial charge < -0.3 is 10.4 Å². The van der Waals surface area contributed by atoms with E-state index in [9.17, 15) is 13.2 Å². The van der Waals surface area contributed by atoms with Gasteiger partial charge in [0.25, 0.3) is 0 Å². The predicted molar refractivity (Wildman–Crippen MR) is 75.8 cm³/mol. The maximum absolute atomic E-state index is 12.7. The molecule has 1 unspecified atom stereocenters. The number of hydrogen-bond donors (Lipinski definition) is 2. The molecule has 0 fully saturated rings. The average Bonchev–Trinajstić information content (AvgIpc) is 2.47. The van der Waals surface area contributed by atoms with Gasteiger partial charge in [-0.1, -0.05) is 24.3 Å². The number of alkyl halides is 3. The zero-order valence-corrected chi connectivity index (χ0v) is 11.5. The van der Waals surface area contributed by atoms with Crippen molar-refractivity contribution < 1.29 is 18.3 Å². The number of anilines is 1. The molecule has 0 aromatic heterocycles. The van der Waals surface area contributed by atoms with E-state index in [1.165, 1.54) is 6.07 Å². The second kappa shape index (κ2) is 6.18. The fourth-order valence-electron chi connectivity index (χ4n) is 2.02. The molecule has 2 rings (SSSR count). The third-order valence-electron chi connectivity index (χ3n) is 3.23. The Bertz CT molecular complexity index is 593. The summed E-state index contributed by atoms with van der Waals surface area (Å²) in [6, 6.07) is 12.1. The van der Waals surface area contributed by atoms with E-state index in [0.29, 0.717) is 5.56 Å². The van der Waals surface area contributed by atoms with Crippen molar-refractivity contribution in [2.75, 3.05) is 5.32 Å². The van der Waals surface area contributed by atoms with Crippen molar-refractivity contribution >= 4 is 5.69 Å². The Kier molecular flexibility index (Phi) is 4.53. The van der Waals surface area contributed by atoms with Gasteiger partial charge in [0.2, 0.25) is 0 Å². The lowest BCUT2D eigenvalue weighted by atomic mass is 10.0. The van der Waals surface area contributed by atoms with Gasteiger partial charge in [0.05, 0.1) is 12.2 Å². The van der Waals surface area contributed by atoms with Gasteiger partial charge in [-0.2, -0.15) is 13.2 Å². The predicted octanol–water partition coefficient (Wildman–Crippen LogP) is 4.37. The van der Waals surface area contributed by atoms with Crippen LogP contribution in [0.25, 0.3) is 0 Å². The summed E-state index contributed by atoms with van der Waals surface area (Å²) in [5.74, 6) is 0. The fraction of sp³-hybridized carbons (Fsp3) is 0.250. The quantitative estimate of drug-likeness (QED) is 0.877. The van der Waals surface area contributed by atoms with Crippen molar-refractivity contribution in [2.24, 2.45) is 0 Å². The molecule has 0 amide bonds. The SMILES string of the molecule is CC(Nc1ccc(CO)cc1)c1cccc(C(F)(F)F)c1. The van der Waals surface area contributed by atoms with Crippen LogP contribution < -0.4 is 5.32 Å². The van der Waals surface area contributed by atoms with Gasteiger partial charge in [0.15, 0.2) is 0 Å². The van der Waals surface area contributed by atoms with Crippen molar-refractivity contribution in [1.82, 2.24) is 0 Å². The first-order valence-corrected chi connectivity index (χ1v) is 6.53. The molecule has 2 aromatic carbocycles. The Morgan fingerprint density at radius 2 is 1.76 bits per heavy atom. The number of halogens is 3. The van der Waals surface area contributed by atoms with E-state index < -0.39 is 11.7 Å². The van der Waals surface area contributed by atoms with Crippen LogP contribution in [0.3, 0.4) is 0 Å². The number of benzene rings is 2. The summed E-state index contributed by atoms with van der Waals surface area (Å²) in [6.45, 7) is 1.76. The number of aliphatic hydroxyl groups is 1. The first-order chi connectivity index (χ1) is 9.90. The normalized spacial score (nSPS) is 13.0. The second-order valence-corrected chi connectivity index (χ2v) is 4.84. The van der Waals surface area contributed by atoms with Crippen LogP contribution in [0, 0.1) is 0 Å². The zero-order valence-electron chi connectivity index (χ0n) is 11.5. The van der Waals surface area contributed by atoms with Gasteiger partial charge in [-0.25, -0.2) is 0 Å². The molecule has 0 heterocycles. The minimum atomic E-state index is -4.33. The monoisotopic (exact) mass is 295 g/mol. The van der Waals surface area contributed by atoms with E-state index in [4.69, 9.17) is 5.11 Å². The standard InChI is InChI=1S/C16H16F3NO/c1-11(20-15-7-5-12(10-21)6-8-15)13-3-2-4-14(9-13)16(17,18)19/h2-9,11,20-21H,10H2,1H3. The number of nitrogens with one attached hydrogen (secondary N) is 1. The molecular weight excluding hydrogens is 279 g/mol. The topological polar surface area (TPSA) is 32.3 Å². The van der Waals surface area contributed by atoms with E-state index in [0.717, 1.165) is 23.4 Å². The maximum atomic E-state index is 12.7. The summed E-state index contributed by atoms with van der Waals surface area (Å²) < 4.78 is 38.1. The molecule has 0 saturated heterocycles. The van der Waals surface area contributed by atoms with Crippen molar-refractivity contribution in [2.45, 2.75) is 25.7 Å². The lowest BCUT2D eigenvalue weighted by Gasteiger charge is -2.17. The Morgan fingerprint density at radius 3 is 2.33 bits per heavy atom. The van der Waals surface area contributed by atoms with E-state index in [1.54, 1.807) is 37.3 Å². The average molecular weight is 295 g/mol. The Balaban J connectivity index is 2.14. The summed E-state index contributed by atoms with van der Waals surface area (Å²) in [5, 5.41) is 12.1. The van der Waals surface area contributed by atoms with Crippen molar-refractivity contribution in [3.05, 3.63) is 65.2 Å². The molecule has 21 heavy (non-hydrogen) atoms. The van der Waals surface area contributed by atoms with Crippen LogP contribution in [0.15, 0.2) is 48.5 Å². The minimum Gasteiger partial charge on any atom is -0.392 e. The molecule has 0 saturated carbocycles. The zero-order chi connectivity index (χ0) is 15.5. The summed E-state index contributed by atoms with van der Waals surface area (Å²) in [4.78, 5) is 0. The molecule has 2 N–H and O–H groups in total. The molecule has 2 aromatic rings. The summed E-state index contributed by atoms with van der Waals surface area (Å²) >= 11 is 0. The highest BCUT2D eigenvalue weighted by Gasteiger charge is 2.30. The van der Waals surface area contributed by atoms with E-state index in [-0.39, 0.29) is 12.6 Å². The van der Waals surface area contributed by atoms with Crippen molar-refractivity contribution in [3.8, 4) is 0 Å². The molecule has 0 aliphatic carbocycles. The van der Waals surface area contributed by atoms with E-state index in [2.05, 4.69) is 5.32 Å². The lowest BCUT2D eigenvalue weighted by Crippen LogP contribution is -2.10. The molecular formula is C16H16F3NO. The van der Waals surface area contributed by atoms with Gasteiger partial charge in [-0.05, 0) is 42.3 Å². The van der Waals surface area contributed by atoms with Gasteiger partial charge >= 0.3 is 6.18 Å². The van der Waals surface area contributed by atoms with Gasteiger partial charge in [-0.3, -0.25) is 0 Å². The summed E-state index contributed by atoms with van der Waals surface area (Å²) in [5.41, 5.74) is 1.49. The molecule has 112 valence electrons. The Morgan fingerprint density at radius 1 is 1.10 bits per heavy atom. The fourth-order valence-corrected chi connectivity index (χ4v) is 2.02. The van der Waals surface area contributed by atoms with Gasteiger partial charge in [-0.15, -0.1) is 0 Å². The third kappa shape index (κ3) is 3.98. The maximum Gasteiger partial charge on any atom is 0.416 e. The van der Waals surface area contributed by atoms with Crippen LogP contribution in [-0.4, -0.2) is 5.11 Å². The molecule has 0 aliphatic rings. The second-order valence-electron chi connectivity index (χ2n) is 4.84. The molecule has 0 spiro atoms. The molecule has 0 aliphatic heterocycles. The van der Waals surface area contributed by atoms with Gasteiger partial charge in [0, 0.05) is 11.7 Å². The minimum absolute atomic E-state index is 0.0382. The van der Waals surface area contributed by atoms with Crippen molar-refractivity contribution in [3.63, 3.8) is 0 Å². The van der Waals surface area contributed by atoms with Crippen LogP contribution in [0.2, 0.25) is 0 Å². The van der Waals surface area contributed by atoms with Crippen LogP contribution in [0.4, 0.5) is 18.9 Å². The van der Waals surface area contributed by atoms with Gasteiger partial charge in [0.1, 0.15) is 0 Å². The van der Waals surface area contributed by atoms with E-state index in [1.807, 2.05) is 0 Å². The smallest absolute Gasteiger partial charge is 0.392 e. The molecule has 5 heteroatoms. The molecule has 1 atom stereocenters. The van der Waals surface area contributed by atoms with Crippen molar-refractivity contribution in [1.29, 1.82) is 0 Å². The van der Waals surface area contributed by atoms with Crippen LogP contribution >= 0.6 is 0 Å². The first kappa shape index (κ1) is 15.4. The van der Waals surface area contributed by atoms with Crippen LogP contribution in [-0.2, 0) is 12.8 Å². The number of hydrogen-bond acceptors (Lipinski definition) is 2. The Labute approximate surface area is 121 Å². The van der Waals surface area contributed by atoms with Crippen LogP contribution in [0.1, 0.15) is 29.7 Å². The highest BCUT2D eigenvalue weighted by Crippen LogP contribution is 2.31. The number of rotatable bonds is 4. The summed E-state index contributed by atoms with van der Waals surface area (Å²) in [6.07, 6.45) is -4.33. The highest BCUT2D eigenvalue weighted by atomic mass is 19.4. The molecule has 0 radical (unpaired) electrons. The molecule has 2 nitrogen and oxygen atoms in total. The Hall–Kier alpha value is -2.01. The molecule has 0 bridgehead atoms. The lowest BCUT2D eigenvalue weighted by molar-refractivity contribution is -0.137.